The summed E-state index contributed by atoms with van der Waals surface area (Å²) in [6.07, 6.45) is 3.54. The van der Waals surface area contributed by atoms with Crippen LogP contribution in [0.3, 0.4) is 0 Å². The van der Waals surface area contributed by atoms with Gasteiger partial charge in [-0.2, -0.15) is 5.26 Å². The van der Waals surface area contributed by atoms with Gasteiger partial charge in [0.05, 0.1) is 29.1 Å². The van der Waals surface area contributed by atoms with Crippen LogP contribution in [0.15, 0.2) is 54.4 Å². The summed E-state index contributed by atoms with van der Waals surface area (Å²) in [6, 6.07) is 14.2. The van der Waals surface area contributed by atoms with E-state index in [4.69, 9.17) is 10.4 Å². The lowest BCUT2D eigenvalue weighted by atomic mass is 10.1. The van der Waals surface area contributed by atoms with E-state index in [1.54, 1.807) is 42.6 Å². The minimum Gasteiger partial charge on any atom is -0.478 e. The molecule has 0 atom stereocenters. The highest BCUT2D eigenvalue weighted by Crippen LogP contribution is 2.33. The molecule has 0 amide bonds. The maximum atomic E-state index is 11.1. The van der Waals surface area contributed by atoms with Gasteiger partial charge in [-0.15, -0.1) is 5.73 Å². The van der Waals surface area contributed by atoms with Crippen LogP contribution >= 0.6 is 0 Å². The monoisotopic (exact) mass is 274 g/mol. The molecule has 3 rings (SSSR count). The van der Waals surface area contributed by atoms with Crippen molar-refractivity contribution in [2.24, 2.45) is 0 Å². The van der Waals surface area contributed by atoms with E-state index in [-0.39, 0.29) is 5.56 Å². The van der Waals surface area contributed by atoms with Crippen molar-refractivity contribution in [3.05, 3.63) is 71.1 Å². The Morgan fingerprint density at radius 2 is 2.10 bits per heavy atom. The van der Waals surface area contributed by atoms with Crippen LogP contribution in [0.25, 0.3) is 6.08 Å². The van der Waals surface area contributed by atoms with Gasteiger partial charge in [-0.1, -0.05) is 6.07 Å². The topological polar surface area (TPSA) is 64.3 Å². The summed E-state index contributed by atoms with van der Waals surface area (Å²) in [5.41, 5.74) is 6.31. The zero-order chi connectivity index (χ0) is 14.8. The van der Waals surface area contributed by atoms with Crippen LogP contribution in [0.2, 0.25) is 0 Å². The van der Waals surface area contributed by atoms with Gasteiger partial charge >= 0.3 is 5.97 Å². The molecule has 0 aliphatic carbocycles. The molecule has 1 aliphatic rings. The Morgan fingerprint density at radius 3 is 2.86 bits per heavy atom. The van der Waals surface area contributed by atoms with E-state index < -0.39 is 5.97 Å². The van der Waals surface area contributed by atoms with Crippen LogP contribution in [0, 0.1) is 11.3 Å². The van der Waals surface area contributed by atoms with Crippen molar-refractivity contribution >= 4 is 23.4 Å². The van der Waals surface area contributed by atoms with Gasteiger partial charge in [-0.25, -0.2) is 4.79 Å². The lowest BCUT2D eigenvalue weighted by Gasteiger charge is -2.24. The third-order valence-electron chi connectivity index (χ3n) is 3.23. The molecule has 0 aromatic heterocycles. The number of hydrogen-bond donors (Lipinski definition) is 1. The number of carboxylic acids is 1. The number of nitrogens with zero attached hydrogens (tertiary/aromatic N) is 2. The predicted molar refractivity (Wildman–Crippen MR) is 79.2 cm³/mol. The van der Waals surface area contributed by atoms with Gasteiger partial charge < -0.3 is 10.0 Å². The number of carbonyl (C=O) groups is 1. The molecule has 21 heavy (non-hydrogen) atoms. The van der Waals surface area contributed by atoms with Crippen molar-refractivity contribution in [3.8, 4) is 6.07 Å². The maximum Gasteiger partial charge on any atom is 0.335 e. The Hall–Kier alpha value is -3.28. The number of carboxylic acid groups (broad SMARTS) is 1. The summed E-state index contributed by atoms with van der Waals surface area (Å²) in [4.78, 5) is 12.9. The van der Waals surface area contributed by atoms with Gasteiger partial charge in [0.15, 0.2) is 0 Å². The normalized spacial score (nSPS) is 11.9. The highest BCUT2D eigenvalue weighted by molar-refractivity contribution is 5.90. The molecule has 0 spiro atoms. The van der Waals surface area contributed by atoms with Crippen molar-refractivity contribution in [2.45, 2.75) is 0 Å². The number of hydrogen-bond acceptors (Lipinski definition) is 3. The van der Waals surface area contributed by atoms with E-state index in [1.807, 2.05) is 17.0 Å². The molecule has 100 valence electrons. The minimum absolute atomic E-state index is 0.227. The van der Waals surface area contributed by atoms with Crippen LogP contribution in [-0.4, -0.2) is 11.1 Å². The fraction of sp³-hybridized carbons (Fsp3) is 0. The molecule has 0 fully saturated rings. The van der Waals surface area contributed by atoms with Crippen molar-refractivity contribution < 1.29 is 9.90 Å². The summed E-state index contributed by atoms with van der Waals surface area (Å²) < 4.78 is 0. The first kappa shape index (κ1) is 12.7. The number of fused-ring (bicyclic) bond motifs is 1. The van der Waals surface area contributed by atoms with E-state index >= 15 is 0 Å². The van der Waals surface area contributed by atoms with E-state index in [0.29, 0.717) is 5.56 Å². The molecular formula is C17H10N2O2. The summed E-state index contributed by atoms with van der Waals surface area (Å²) in [5.74, 6) is -0.964. The molecule has 0 bridgehead atoms. The maximum absolute atomic E-state index is 11.1. The first-order valence-corrected chi connectivity index (χ1v) is 6.28. The molecule has 2 aromatic rings. The van der Waals surface area contributed by atoms with Crippen LogP contribution < -0.4 is 4.90 Å². The Labute approximate surface area is 121 Å². The molecular weight excluding hydrogens is 264 g/mol. The average molecular weight is 274 g/mol. The van der Waals surface area contributed by atoms with Gasteiger partial charge in [0.1, 0.15) is 0 Å². The molecule has 1 aliphatic heterocycles. The lowest BCUT2D eigenvalue weighted by molar-refractivity contribution is 0.0697. The van der Waals surface area contributed by atoms with Crippen molar-refractivity contribution in [1.82, 2.24) is 0 Å². The third-order valence-corrected chi connectivity index (χ3v) is 3.23. The summed E-state index contributed by atoms with van der Waals surface area (Å²) in [7, 11) is 0. The average Bonchev–Trinajstić information content (AvgIpc) is 2.53. The minimum atomic E-state index is -0.964. The molecule has 0 radical (unpaired) electrons. The van der Waals surface area contributed by atoms with Gasteiger partial charge in [-0.05, 0) is 42.5 Å². The highest BCUT2D eigenvalue weighted by atomic mass is 16.4. The fourth-order valence-electron chi connectivity index (χ4n) is 2.23. The molecule has 1 N–H and O–H groups in total. The van der Waals surface area contributed by atoms with Gasteiger partial charge in [0.25, 0.3) is 0 Å². The SMILES string of the molecule is N#Cc1ccc2c(c1)C=C=CN2c1cccc(C(=O)O)c1. The Morgan fingerprint density at radius 1 is 1.24 bits per heavy atom. The Balaban J connectivity index is 2.10. The summed E-state index contributed by atoms with van der Waals surface area (Å²) >= 11 is 0. The van der Waals surface area contributed by atoms with Crippen LogP contribution in [0.1, 0.15) is 21.5 Å². The van der Waals surface area contributed by atoms with Crippen LogP contribution in [-0.2, 0) is 0 Å². The zero-order valence-corrected chi connectivity index (χ0v) is 10.9. The second kappa shape index (κ2) is 5.01. The van der Waals surface area contributed by atoms with Crippen molar-refractivity contribution in [2.75, 3.05) is 4.90 Å². The smallest absolute Gasteiger partial charge is 0.335 e. The first-order valence-electron chi connectivity index (χ1n) is 6.28. The van der Waals surface area contributed by atoms with Gasteiger partial charge in [-0.3, -0.25) is 0 Å². The van der Waals surface area contributed by atoms with E-state index in [0.717, 1.165) is 16.9 Å². The lowest BCUT2D eigenvalue weighted by Crippen LogP contribution is -2.12. The third kappa shape index (κ3) is 2.30. The van der Waals surface area contributed by atoms with E-state index in [1.165, 1.54) is 0 Å². The van der Waals surface area contributed by atoms with Crippen molar-refractivity contribution in [1.29, 1.82) is 5.26 Å². The van der Waals surface area contributed by atoms with E-state index in [9.17, 15) is 4.79 Å². The molecule has 4 heteroatoms. The summed E-state index contributed by atoms with van der Waals surface area (Å²) in [6.45, 7) is 0. The standard InChI is InChI=1S/C17H10N2O2/c18-11-12-6-7-16-13(9-12)4-2-8-19(16)15-5-1-3-14(10-15)17(20)21/h1,3-10H,(H,20,21). The number of benzene rings is 2. The number of aromatic carboxylic acids is 1. The van der Waals surface area contributed by atoms with Crippen molar-refractivity contribution in [3.63, 3.8) is 0 Å². The molecule has 1 heterocycles. The molecule has 0 saturated heterocycles. The molecule has 0 saturated carbocycles. The Kier molecular flexibility index (Phi) is 3.04. The first-order chi connectivity index (χ1) is 10.2. The van der Waals surface area contributed by atoms with Gasteiger partial charge in [0.2, 0.25) is 0 Å². The predicted octanol–water partition coefficient (Wildman–Crippen LogP) is 3.53. The highest BCUT2D eigenvalue weighted by Gasteiger charge is 2.14. The molecule has 2 aromatic carbocycles. The van der Waals surface area contributed by atoms with E-state index in [2.05, 4.69) is 11.8 Å². The Bertz CT molecular complexity index is 840. The second-order valence-corrected chi connectivity index (χ2v) is 4.55. The largest absolute Gasteiger partial charge is 0.478 e. The fourth-order valence-corrected chi connectivity index (χ4v) is 2.23. The summed E-state index contributed by atoms with van der Waals surface area (Å²) in [5, 5.41) is 18.0. The van der Waals surface area contributed by atoms with Crippen LogP contribution in [0.5, 0.6) is 0 Å². The molecule has 0 unspecified atom stereocenters. The zero-order valence-electron chi connectivity index (χ0n) is 10.9. The number of rotatable bonds is 2. The number of nitriles is 1. The van der Waals surface area contributed by atoms with Crippen LogP contribution in [0.4, 0.5) is 11.4 Å². The molecule has 4 nitrogen and oxygen atoms in total. The number of anilines is 2. The van der Waals surface area contributed by atoms with Gasteiger partial charge in [0, 0.05) is 11.3 Å². The second-order valence-electron chi connectivity index (χ2n) is 4.55. The quantitative estimate of drug-likeness (QED) is 0.851.